The third kappa shape index (κ3) is 3.44. The van der Waals surface area contributed by atoms with E-state index in [9.17, 15) is 9.59 Å². The predicted molar refractivity (Wildman–Crippen MR) is 93.1 cm³/mol. The molecule has 24 heavy (non-hydrogen) atoms. The summed E-state index contributed by atoms with van der Waals surface area (Å²) in [6.45, 7) is 0. The Hall–Kier alpha value is -2.33. The predicted octanol–water partition coefficient (Wildman–Crippen LogP) is 3.98. The zero-order valence-corrected chi connectivity index (χ0v) is 13.8. The van der Waals surface area contributed by atoms with Crippen LogP contribution in [0, 0.1) is 0 Å². The van der Waals surface area contributed by atoms with E-state index < -0.39 is 12.1 Å². The second-order valence-corrected chi connectivity index (χ2v) is 6.33. The Labute approximate surface area is 145 Å². The van der Waals surface area contributed by atoms with Gasteiger partial charge in [0.1, 0.15) is 0 Å². The fourth-order valence-electron chi connectivity index (χ4n) is 3.02. The van der Waals surface area contributed by atoms with Gasteiger partial charge in [-0.05, 0) is 55.2 Å². The molecule has 124 valence electrons. The van der Waals surface area contributed by atoms with Crippen molar-refractivity contribution in [3.05, 3.63) is 64.7 Å². The smallest absolute Gasteiger partial charge is 0.338 e. The second kappa shape index (κ2) is 7.05. The van der Waals surface area contributed by atoms with Gasteiger partial charge in [0.2, 0.25) is 0 Å². The molecule has 0 amide bonds. The number of ketones is 1. The Morgan fingerprint density at radius 1 is 1.08 bits per heavy atom. The number of anilines is 1. The minimum absolute atomic E-state index is 0.0851. The van der Waals surface area contributed by atoms with Crippen LogP contribution in [0.25, 0.3) is 0 Å². The Bertz CT molecular complexity index is 757. The molecular weight excluding hydrogens is 326 g/mol. The number of hydrogen-bond donors (Lipinski definition) is 1. The number of benzene rings is 2. The minimum atomic E-state index is -0.731. The highest BCUT2D eigenvalue weighted by Crippen LogP contribution is 2.35. The number of esters is 1. The maximum absolute atomic E-state index is 12.7. The Balaban J connectivity index is 1.74. The van der Waals surface area contributed by atoms with Gasteiger partial charge in [-0.2, -0.15) is 0 Å². The van der Waals surface area contributed by atoms with Crippen LogP contribution in [-0.2, 0) is 9.53 Å². The van der Waals surface area contributed by atoms with Crippen molar-refractivity contribution in [3.8, 4) is 0 Å². The molecular formula is C19H18ClNO3. The highest BCUT2D eigenvalue weighted by Gasteiger charge is 2.35. The van der Waals surface area contributed by atoms with E-state index in [4.69, 9.17) is 22.1 Å². The summed E-state index contributed by atoms with van der Waals surface area (Å²) in [5.41, 5.74) is 7.37. The first-order valence-electron chi connectivity index (χ1n) is 7.91. The van der Waals surface area contributed by atoms with Crippen molar-refractivity contribution >= 4 is 29.0 Å². The van der Waals surface area contributed by atoms with Gasteiger partial charge in [-0.3, -0.25) is 4.79 Å². The first kappa shape index (κ1) is 16.5. The van der Waals surface area contributed by atoms with E-state index >= 15 is 0 Å². The molecule has 0 radical (unpaired) electrons. The molecule has 0 spiro atoms. The van der Waals surface area contributed by atoms with E-state index in [1.165, 1.54) is 0 Å². The molecule has 1 aliphatic carbocycles. The molecule has 1 aliphatic rings. The molecule has 2 aromatic rings. The number of nitrogen functional groups attached to an aromatic ring is 1. The maximum atomic E-state index is 12.7. The molecule has 0 aromatic heterocycles. The number of nitrogens with two attached hydrogens (primary N) is 1. The molecule has 5 heteroatoms. The number of halogens is 1. The second-order valence-electron chi connectivity index (χ2n) is 5.92. The molecule has 1 saturated carbocycles. The molecule has 3 rings (SSSR count). The summed E-state index contributed by atoms with van der Waals surface area (Å²) in [7, 11) is 0. The first-order valence-corrected chi connectivity index (χ1v) is 8.28. The van der Waals surface area contributed by atoms with Crippen molar-refractivity contribution in [1.82, 2.24) is 0 Å². The van der Waals surface area contributed by atoms with Crippen molar-refractivity contribution < 1.29 is 14.3 Å². The van der Waals surface area contributed by atoms with Gasteiger partial charge in [-0.1, -0.05) is 29.8 Å². The lowest BCUT2D eigenvalue weighted by molar-refractivity contribution is -0.131. The van der Waals surface area contributed by atoms with Crippen LogP contribution in [0.5, 0.6) is 0 Å². The monoisotopic (exact) mass is 343 g/mol. The van der Waals surface area contributed by atoms with Gasteiger partial charge < -0.3 is 10.5 Å². The fraction of sp³-hybridized carbons (Fsp3) is 0.263. The number of Topliss-reactive ketones (excluding diaryl/α,β-unsaturated/α-hetero) is 1. The molecule has 0 saturated heterocycles. The topological polar surface area (TPSA) is 69.4 Å². The van der Waals surface area contributed by atoms with E-state index in [1.54, 1.807) is 30.3 Å². The Morgan fingerprint density at radius 2 is 1.79 bits per heavy atom. The number of carbonyl (C=O) groups is 2. The van der Waals surface area contributed by atoms with Crippen molar-refractivity contribution in [3.63, 3.8) is 0 Å². The van der Waals surface area contributed by atoms with Crippen molar-refractivity contribution in [2.75, 3.05) is 5.73 Å². The normalized spacial score (nSPS) is 20.6. The molecule has 2 aromatic carbocycles. The summed E-state index contributed by atoms with van der Waals surface area (Å²) < 4.78 is 5.45. The number of hydrogen-bond acceptors (Lipinski definition) is 4. The van der Waals surface area contributed by atoms with Crippen molar-refractivity contribution in [2.24, 2.45) is 0 Å². The van der Waals surface area contributed by atoms with E-state index in [2.05, 4.69) is 0 Å². The molecule has 0 bridgehead atoms. The summed E-state index contributed by atoms with van der Waals surface area (Å²) in [4.78, 5) is 25.0. The van der Waals surface area contributed by atoms with Gasteiger partial charge in [-0.15, -0.1) is 0 Å². The minimum Gasteiger partial charge on any atom is -0.451 e. The third-order valence-electron chi connectivity index (χ3n) is 4.30. The van der Waals surface area contributed by atoms with Gasteiger partial charge in [0.25, 0.3) is 0 Å². The van der Waals surface area contributed by atoms with E-state index in [1.807, 2.05) is 18.2 Å². The maximum Gasteiger partial charge on any atom is 0.338 e. The van der Waals surface area contributed by atoms with Crippen molar-refractivity contribution in [1.29, 1.82) is 0 Å². The van der Waals surface area contributed by atoms with Gasteiger partial charge >= 0.3 is 5.97 Å². The van der Waals surface area contributed by atoms with Crippen molar-refractivity contribution in [2.45, 2.75) is 31.3 Å². The molecule has 1 unspecified atom stereocenters. The van der Waals surface area contributed by atoms with Crippen LogP contribution in [0.15, 0.2) is 48.5 Å². The average Bonchev–Trinajstić information content (AvgIpc) is 2.58. The highest BCUT2D eigenvalue weighted by molar-refractivity contribution is 6.31. The van der Waals surface area contributed by atoms with E-state index in [0.717, 1.165) is 18.4 Å². The number of carbonyl (C=O) groups excluding carboxylic acids is 2. The summed E-state index contributed by atoms with van der Waals surface area (Å²) in [5.74, 6) is -0.914. The van der Waals surface area contributed by atoms with Crippen LogP contribution in [0.2, 0.25) is 5.02 Å². The molecule has 4 nitrogen and oxygen atoms in total. The van der Waals surface area contributed by atoms with Crippen LogP contribution < -0.4 is 5.73 Å². The lowest BCUT2D eigenvalue weighted by atomic mass is 9.81. The van der Waals surface area contributed by atoms with Crippen LogP contribution in [0.4, 0.5) is 5.69 Å². The van der Waals surface area contributed by atoms with E-state index in [0.29, 0.717) is 22.7 Å². The molecule has 0 aliphatic heterocycles. The molecule has 1 fully saturated rings. The summed E-state index contributed by atoms with van der Waals surface area (Å²) >= 11 is 6.22. The van der Waals surface area contributed by atoms with Gasteiger partial charge in [0, 0.05) is 16.6 Å². The van der Waals surface area contributed by atoms with Crippen LogP contribution in [-0.4, -0.2) is 17.9 Å². The van der Waals surface area contributed by atoms with Gasteiger partial charge in [0.05, 0.1) is 5.56 Å². The summed E-state index contributed by atoms with van der Waals surface area (Å²) in [6, 6.07) is 13.8. The lowest BCUT2D eigenvalue weighted by Gasteiger charge is -2.28. The van der Waals surface area contributed by atoms with Crippen LogP contribution >= 0.6 is 11.6 Å². The van der Waals surface area contributed by atoms with Gasteiger partial charge in [-0.25, -0.2) is 4.79 Å². The molecule has 2 N–H and O–H groups in total. The Morgan fingerprint density at radius 3 is 2.50 bits per heavy atom. The summed E-state index contributed by atoms with van der Waals surface area (Å²) in [5, 5.41) is 0.571. The largest absolute Gasteiger partial charge is 0.451 e. The SMILES string of the molecule is Nc1ccc(C(=O)O[C@@H]2CCCC(c3ccccc3Cl)C2=O)cc1. The zero-order valence-electron chi connectivity index (χ0n) is 13.1. The van der Waals surface area contributed by atoms with Gasteiger partial charge in [0.15, 0.2) is 11.9 Å². The zero-order chi connectivity index (χ0) is 17.1. The summed E-state index contributed by atoms with van der Waals surface area (Å²) in [6.07, 6.45) is 1.34. The van der Waals surface area contributed by atoms with Crippen LogP contribution in [0.3, 0.4) is 0 Å². The number of ether oxygens (including phenoxy) is 1. The van der Waals surface area contributed by atoms with Crippen LogP contribution in [0.1, 0.15) is 41.1 Å². The number of rotatable bonds is 3. The fourth-order valence-corrected chi connectivity index (χ4v) is 3.28. The average molecular weight is 344 g/mol. The van der Waals surface area contributed by atoms with E-state index in [-0.39, 0.29) is 11.7 Å². The lowest BCUT2D eigenvalue weighted by Crippen LogP contribution is -2.35. The standard InChI is InChI=1S/C19H18ClNO3/c20-16-6-2-1-4-14(16)15-5-3-7-17(18(15)22)24-19(23)12-8-10-13(21)11-9-12/h1-2,4,6,8-11,15,17H,3,5,7,21H2/t15?,17-/m1/s1. The third-order valence-corrected chi connectivity index (χ3v) is 4.64. The Kier molecular flexibility index (Phi) is 4.86. The quantitative estimate of drug-likeness (QED) is 0.676. The molecule has 2 atom stereocenters. The first-order chi connectivity index (χ1) is 11.6. The molecule has 0 heterocycles. The highest BCUT2D eigenvalue weighted by atomic mass is 35.5.